The Bertz CT molecular complexity index is 1120. The number of hydrogen-bond donors (Lipinski definition) is 0. The minimum Gasteiger partial charge on any atom is -0.348 e. The molecule has 4 rings (SSSR count). The lowest BCUT2D eigenvalue weighted by atomic mass is 9.93. The maximum Gasteiger partial charge on any atom is 0.186 e. The first-order valence-corrected chi connectivity index (χ1v) is 11.2. The maximum atomic E-state index is 14.9. The van der Waals surface area contributed by atoms with Crippen LogP contribution in [0.5, 0.6) is 0 Å². The van der Waals surface area contributed by atoms with Gasteiger partial charge in [-0.25, -0.2) is 13.2 Å². The Kier molecular flexibility index (Phi) is 7.36. The van der Waals surface area contributed by atoms with Crippen molar-refractivity contribution >= 4 is 7.85 Å². The molecule has 6 heteroatoms. The fourth-order valence-corrected chi connectivity index (χ4v) is 4.07. The molecule has 0 saturated carbocycles. The standard InChI is InChI=1S/C27H26BF3O2/c1-2-3-4-17-15-32-27(33-16-17)23-12-9-20(13-24(23)29)18-5-7-19(8-6-18)22-11-10-21(14-28)25(30)26(22)31/h2,5-13,17,27H,1,3-4,14-16,28H2. The summed E-state index contributed by atoms with van der Waals surface area (Å²) in [5.41, 5.74) is 2.93. The van der Waals surface area contributed by atoms with E-state index in [0.29, 0.717) is 41.8 Å². The zero-order valence-electron chi connectivity index (χ0n) is 18.6. The number of hydrogen-bond acceptors (Lipinski definition) is 2. The largest absolute Gasteiger partial charge is 0.348 e. The molecule has 1 aliphatic rings. The summed E-state index contributed by atoms with van der Waals surface area (Å²) in [5.74, 6) is -1.78. The lowest BCUT2D eigenvalue weighted by Crippen LogP contribution is -2.27. The van der Waals surface area contributed by atoms with Gasteiger partial charge in [0.25, 0.3) is 0 Å². The molecule has 33 heavy (non-hydrogen) atoms. The summed E-state index contributed by atoms with van der Waals surface area (Å²) in [5, 5.41) is 0. The van der Waals surface area contributed by atoms with E-state index in [4.69, 9.17) is 9.47 Å². The van der Waals surface area contributed by atoms with Crippen molar-refractivity contribution in [2.75, 3.05) is 13.2 Å². The quantitative estimate of drug-likeness (QED) is 0.315. The Morgan fingerprint density at radius 3 is 2.18 bits per heavy atom. The van der Waals surface area contributed by atoms with Crippen molar-refractivity contribution in [2.45, 2.75) is 25.5 Å². The van der Waals surface area contributed by atoms with Crippen LogP contribution in [-0.4, -0.2) is 21.1 Å². The van der Waals surface area contributed by atoms with E-state index in [2.05, 4.69) is 6.58 Å². The normalized spacial score (nSPS) is 18.3. The minimum atomic E-state index is -0.850. The van der Waals surface area contributed by atoms with Gasteiger partial charge in [-0.15, -0.1) is 6.58 Å². The molecule has 3 aromatic rings. The lowest BCUT2D eigenvalue weighted by molar-refractivity contribution is -0.207. The van der Waals surface area contributed by atoms with Gasteiger partial charge in [-0.1, -0.05) is 60.9 Å². The summed E-state index contributed by atoms with van der Waals surface area (Å²) < 4.78 is 55.0. The van der Waals surface area contributed by atoms with Gasteiger partial charge in [0.2, 0.25) is 0 Å². The fourth-order valence-electron chi connectivity index (χ4n) is 4.07. The number of halogens is 3. The summed E-state index contributed by atoms with van der Waals surface area (Å²) in [7, 11) is 1.78. The van der Waals surface area contributed by atoms with E-state index in [1.807, 2.05) is 6.08 Å². The second-order valence-corrected chi connectivity index (χ2v) is 8.30. The Hall–Kier alpha value is -2.83. The average molecular weight is 450 g/mol. The maximum absolute atomic E-state index is 14.9. The third kappa shape index (κ3) is 5.07. The summed E-state index contributed by atoms with van der Waals surface area (Å²) >= 11 is 0. The highest BCUT2D eigenvalue weighted by Gasteiger charge is 2.25. The molecule has 0 N–H and O–H groups in total. The van der Waals surface area contributed by atoms with E-state index in [1.165, 1.54) is 6.07 Å². The first kappa shape index (κ1) is 23.3. The molecule has 0 bridgehead atoms. The Morgan fingerprint density at radius 2 is 1.55 bits per heavy atom. The third-order valence-corrected chi connectivity index (χ3v) is 6.07. The van der Waals surface area contributed by atoms with Crippen molar-refractivity contribution < 1.29 is 22.6 Å². The Balaban J connectivity index is 1.49. The van der Waals surface area contributed by atoms with E-state index < -0.39 is 23.7 Å². The summed E-state index contributed by atoms with van der Waals surface area (Å²) in [4.78, 5) is 0. The first-order valence-electron chi connectivity index (χ1n) is 11.2. The van der Waals surface area contributed by atoms with E-state index in [-0.39, 0.29) is 11.5 Å². The van der Waals surface area contributed by atoms with Crippen LogP contribution in [0.15, 0.2) is 67.3 Å². The molecule has 0 aliphatic carbocycles. The number of benzene rings is 3. The van der Waals surface area contributed by atoms with E-state index >= 15 is 0 Å². The van der Waals surface area contributed by atoms with E-state index in [0.717, 1.165) is 18.4 Å². The highest BCUT2D eigenvalue weighted by molar-refractivity contribution is 6.08. The van der Waals surface area contributed by atoms with Gasteiger partial charge in [0.15, 0.2) is 17.9 Å². The van der Waals surface area contributed by atoms with Crippen LogP contribution in [-0.2, 0) is 15.8 Å². The second kappa shape index (κ2) is 10.4. The van der Waals surface area contributed by atoms with Gasteiger partial charge >= 0.3 is 0 Å². The van der Waals surface area contributed by atoms with Crippen molar-refractivity contribution in [3.8, 4) is 22.3 Å². The molecule has 1 saturated heterocycles. The summed E-state index contributed by atoms with van der Waals surface area (Å²) in [6.45, 7) is 4.77. The highest BCUT2D eigenvalue weighted by atomic mass is 19.2. The van der Waals surface area contributed by atoms with Crippen molar-refractivity contribution in [2.24, 2.45) is 5.92 Å². The molecule has 1 heterocycles. The van der Waals surface area contributed by atoms with Crippen LogP contribution in [0.2, 0.25) is 0 Å². The molecule has 0 atom stereocenters. The number of rotatable bonds is 7. The predicted octanol–water partition coefficient (Wildman–Crippen LogP) is 6.20. The summed E-state index contributed by atoms with van der Waals surface area (Å²) in [6, 6.07) is 15.1. The Morgan fingerprint density at radius 1 is 0.879 bits per heavy atom. The van der Waals surface area contributed by atoms with Crippen molar-refractivity contribution in [1.29, 1.82) is 0 Å². The molecular formula is C27H26BF3O2. The van der Waals surface area contributed by atoms with Crippen molar-refractivity contribution in [3.05, 3.63) is 95.8 Å². The van der Waals surface area contributed by atoms with E-state index in [9.17, 15) is 13.2 Å². The molecule has 3 aromatic carbocycles. The van der Waals surface area contributed by atoms with Gasteiger partial charge in [-0.3, -0.25) is 0 Å². The SMILES string of the molecule is BCc1ccc(-c2ccc(-c3ccc(C4OCC(CCC=C)CO4)c(F)c3)cc2)c(F)c1F. The number of ether oxygens (including phenoxy) is 2. The summed E-state index contributed by atoms with van der Waals surface area (Å²) in [6.07, 6.45) is 3.41. The predicted molar refractivity (Wildman–Crippen MR) is 127 cm³/mol. The molecule has 1 aliphatic heterocycles. The molecule has 170 valence electrons. The molecular weight excluding hydrogens is 424 g/mol. The molecule has 0 amide bonds. The monoisotopic (exact) mass is 450 g/mol. The Labute approximate surface area is 193 Å². The van der Waals surface area contributed by atoms with Crippen LogP contribution < -0.4 is 0 Å². The molecule has 1 fully saturated rings. The molecule has 0 spiro atoms. The van der Waals surface area contributed by atoms with Crippen LogP contribution in [0.25, 0.3) is 22.3 Å². The zero-order valence-corrected chi connectivity index (χ0v) is 18.6. The van der Waals surface area contributed by atoms with Gasteiger partial charge in [0.1, 0.15) is 13.7 Å². The molecule has 0 aromatic heterocycles. The van der Waals surface area contributed by atoms with Gasteiger partial charge in [-0.05, 0) is 41.2 Å². The molecule has 0 unspecified atom stereocenters. The van der Waals surface area contributed by atoms with Gasteiger partial charge in [-0.2, -0.15) is 0 Å². The topological polar surface area (TPSA) is 18.5 Å². The molecule has 2 nitrogen and oxygen atoms in total. The fraction of sp³-hybridized carbons (Fsp3) is 0.259. The number of allylic oxidation sites excluding steroid dienone is 1. The van der Waals surface area contributed by atoms with Gasteiger partial charge in [0, 0.05) is 17.0 Å². The zero-order chi connectivity index (χ0) is 23.4. The van der Waals surface area contributed by atoms with Crippen molar-refractivity contribution in [1.82, 2.24) is 0 Å². The first-order chi connectivity index (χ1) is 16.0. The van der Waals surface area contributed by atoms with Crippen LogP contribution in [0.4, 0.5) is 13.2 Å². The van der Waals surface area contributed by atoms with Crippen LogP contribution in [0.1, 0.15) is 30.3 Å². The van der Waals surface area contributed by atoms with Crippen LogP contribution >= 0.6 is 0 Å². The molecule has 0 radical (unpaired) electrons. The minimum absolute atomic E-state index is 0.204. The smallest absolute Gasteiger partial charge is 0.186 e. The third-order valence-electron chi connectivity index (χ3n) is 6.07. The van der Waals surface area contributed by atoms with Gasteiger partial charge < -0.3 is 9.47 Å². The van der Waals surface area contributed by atoms with Crippen molar-refractivity contribution in [3.63, 3.8) is 0 Å². The highest BCUT2D eigenvalue weighted by Crippen LogP contribution is 2.33. The van der Waals surface area contributed by atoms with Crippen LogP contribution in [0.3, 0.4) is 0 Å². The van der Waals surface area contributed by atoms with E-state index in [1.54, 1.807) is 56.4 Å². The second-order valence-electron chi connectivity index (χ2n) is 8.30. The average Bonchev–Trinajstić information content (AvgIpc) is 2.85. The van der Waals surface area contributed by atoms with Gasteiger partial charge in [0.05, 0.1) is 13.2 Å². The lowest BCUT2D eigenvalue weighted by Gasteiger charge is -2.29. The van der Waals surface area contributed by atoms with Crippen LogP contribution in [0, 0.1) is 23.4 Å².